The number of carbonyl (C=O) groups is 2. The van der Waals surface area contributed by atoms with E-state index in [9.17, 15) is 14.7 Å². The average Bonchev–Trinajstić information content (AvgIpc) is 3.19. The maximum absolute atomic E-state index is 12.8. The largest absolute Gasteiger partial charge is 0.390 e. The molecular formula is C23H30N2O6. The predicted molar refractivity (Wildman–Crippen MR) is 115 cm³/mol. The number of carbonyl (C=O) groups excluding carboxylic acids is 2. The monoisotopic (exact) mass is 430 g/mol. The van der Waals surface area contributed by atoms with E-state index in [1.165, 1.54) is 18.7 Å². The zero-order valence-corrected chi connectivity index (χ0v) is 18.2. The molecule has 1 heterocycles. The summed E-state index contributed by atoms with van der Waals surface area (Å²) in [5.74, 6) is -0.549. The molecule has 0 spiro atoms. The minimum atomic E-state index is -0.447. The summed E-state index contributed by atoms with van der Waals surface area (Å²) in [7, 11) is 4.45. The van der Waals surface area contributed by atoms with E-state index in [0.29, 0.717) is 18.9 Å². The molecule has 1 amide bonds. The van der Waals surface area contributed by atoms with Crippen LogP contribution in [0, 0.1) is 0 Å². The van der Waals surface area contributed by atoms with Crippen LogP contribution in [0.2, 0.25) is 0 Å². The lowest BCUT2D eigenvalue weighted by Crippen LogP contribution is -2.29. The van der Waals surface area contributed by atoms with Crippen LogP contribution in [0.1, 0.15) is 28.2 Å². The SMILES string of the molecule is COC/C=C/[C@@H](CC(=O)Cn1c(CO)ccc1C(=O)N(C)OC)OCc1ccccc1. The summed E-state index contributed by atoms with van der Waals surface area (Å²) < 4.78 is 12.5. The van der Waals surface area contributed by atoms with Gasteiger partial charge in [-0.1, -0.05) is 42.5 Å². The van der Waals surface area contributed by atoms with Crippen molar-refractivity contribution in [1.29, 1.82) is 0 Å². The Hall–Kier alpha value is -2.78. The van der Waals surface area contributed by atoms with Crippen LogP contribution in [0.5, 0.6) is 0 Å². The second-order valence-corrected chi connectivity index (χ2v) is 6.90. The molecule has 0 unspecified atom stereocenters. The summed E-state index contributed by atoms with van der Waals surface area (Å²) in [6.45, 7) is 0.418. The standard InChI is InChI=1S/C23H30N2O6/c1-24(30-3)23(28)22-12-11-19(16-26)25(22)15-20(27)14-21(10-7-13-29-2)31-17-18-8-5-4-6-9-18/h4-12,21,26H,13-17H2,1-3H3/b10-7+/t21-/m0/s1. The Morgan fingerprint density at radius 3 is 2.55 bits per heavy atom. The Morgan fingerprint density at radius 2 is 1.90 bits per heavy atom. The van der Waals surface area contributed by atoms with E-state index in [-0.39, 0.29) is 31.0 Å². The third kappa shape index (κ3) is 7.45. The maximum atomic E-state index is 12.8. The van der Waals surface area contributed by atoms with E-state index >= 15 is 0 Å². The number of nitrogens with zero attached hydrogens (tertiary/aromatic N) is 2. The van der Waals surface area contributed by atoms with Gasteiger partial charge in [-0.05, 0) is 17.7 Å². The summed E-state index contributed by atoms with van der Waals surface area (Å²) in [6, 6.07) is 12.9. The molecule has 0 aliphatic carbocycles. The number of ketones is 1. The van der Waals surface area contributed by atoms with Gasteiger partial charge in [-0.15, -0.1) is 0 Å². The fraction of sp³-hybridized carbons (Fsp3) is 0.391. The topological polar surface area (TPSA) is 90.2 Å². The second-order valence-electron chi connectivity index (χ2n) is 6.90. The van der Waals surface area contributed by atoms with Gasteiger partial charge in [-0.25, -0.2) is 5.06 Å². The molecular weight excluding hydrogens is 400 g/mol. The first-order valence-electron chi connectivity index (χ1n) is 9.94. The minimum absolute atomic E-state index is 0.0646. The first-order valence-corrected chi connectivity index (χ1v) is 9.94. The fourth-order valence-electron chi connectivity index (χ4n) is 2.99. The third-order valence-corrected chi connectivity index (χ3v) is 4.70. The van der Waals surface area contributed by atoms with Crippen LogP contribution in [0.25, 0.3) is 0 Å². The normalized spacial score (nSPS) is 12.3. The van der Waals surface area contributed by atoms with Gasteiger partial charge in [0.05, 0.1) is 39.6 Å². The highest BCUT2D eigenvalue weighted by Crippen LogP contribution is 2.15. The molecule has 1 aromatic carbocycles. The zero-order chi connectivity index (χ0) is 22.6. The number of hydrogen-bond donors (Lipinski definition) is 1. The fourth-order valence-corrected chi connectivity index (χ4v) is 2.99. The van der Waals surface area contributed by atoms with Gasteiger partial charge >= 0.3 is 0 Å². The van der Waals surface area contributed by atoms with Crippen LogP contribution in [0.15, 0.2) is 54.6 Å². The first kappa shape index (κ1) is 24.5. The second kappa shape index (κ2) is 12.8. The summed E-state index contributed by atoms with van der Waals surface area (Å²) in [6.07, 6.45) is 3.28. The van der Waals surface area contributed by atoms with Crippen molar-refractivity contribution in [2.24, 2.45) is 0 Å². The molecule has 2 aromatic rings. The maximum Gasteiger partial charge on any atom is 0.293 e. The van der Waals surface area contributed by atoms with Crippen LogP contribution in [-0.4, -0.2) is 60.4 Å². The number of aliphatic hydroxyl groups is 1. The van der Waals surface area contributed by atoms with E-state index in [1.54, 1.807) is 31.4 Å². The molecule has 0 radical (unpaired) electrons. The number of ether oxygens (including phenoxy) is 2. The van der Waals surface area contributed by atoms with E-state index in [1.807, 2.05) is 30.3 Å². The Kier molecular flexibility index (Phi) is 10.1. The number of benzene rings is 1. The lowest BCUT2D eigenvalue weighted by molar-refractivity contribution is -0.122. The summed E-state index contributed by atoms with van der Waals surface area (Å²) in [4.78, 5) is 30.3. The smallest absolute Gasteiger partial charge is 0.293 e. The van der Waals surface area contributed by atoms with Crippen molar-refractivity contribution in [1.82, 2.24) is 9.63 Å². The Balaban J connectivity index is 2.10. The quantitative estimate of drug-likeness (QED) is 0.388. The Bertz CT molecular complexity index is 862. The van der Waals surface area contributed by atoms with Crippen LogP contribution in [0.3, 0.4) is 0 Å². The summed E-state index contributed by atoms with van der Waals surface area (Å²) >= 11 is 0. The lowest BCUT2D eigenvalue weighted by atomic mass is 10.1. The molecule has 0 aliphatic rings. The Labute approximate surface area is 182 Å². The highest BCUT2D eigenvalue weighted by molar-refractivity contribution is 5.92. The molecule has 0 bridgehead atoms. The first-order chi connectivity index (χ1) is 15.0. The molecule has 0 saturated heterocycles. The Morgan fingerprint density at radius 1 is 1.16 bits per heavy atom. The van der Waals surface area contributed by atoms with Gasteiger partial charge < -0.3 is 19.1 Å². The van der Waals surface area contributed by atoms with Crippen molar-refractivity contribution in [2.45, 2.75) is 32.3 Å². The van der Waals surface area contributed by atoms with Gasteiger partial charge in [0.15, 0.2) is 5.78 Å². The molecule has 168 valence electrons. The van der Waals surface area contributed by atoms with E-state index in [2.05, 4.69) is 0 Å². The number of hydrogen-bond acceptors (Lipinski definition) is 6. The predicted octanol–water partition coefficient (Wildman–Crippen LogP) is 2.36. The molecule has 8 heteroatoms. The zero-order valence-electron chi connectivity index (χ0n) is 18.2. The summed E-state index contributed by atoms with van der Waals surface area (Å²) in [5.41, 5.74) is 1.74. The van der Waals surface area contributed by atoms with Gasteiger partial charge in [0.25, 0.3) is 5.91 Å². The van der Waals surface area contributed by atoms with Crippen molar-refractivity contribution < 1.29 is 29.0 Å². The molecule has 8 nitrogen and oxygen atoms in total. The number of hydroxylamine groups is 2. The highest BCUT2D eigenvalue weighted by Gasteiger charge is 2.21. The lowest BCUT2D eigenvalue weighted by Gasteiger charge is -2.18. The van der Waals surface area contributed by atoms with Gasteiger partial charge in [0, 0.05) is 26.3 Å². The number of rotatable bonds is 13. The summed E-state index contributed by atoms with van der Waals surface area (Å²) in [5, 5.41) is 10.7. The minimum Gasteiger partial charge on any atom is -0.390 e. The number of methoxy groups -OCH3 is 1. The van der Waals surface area contributed by atoms with E-state index < -0.39 is 12.0 Å². The molecule has 0 saturated carbocycles. The number of amides is 1. The molecule has 0 fully saturated rings. The van der Waals surface area contributed by atoms with Crippen LogP contribution in [-0.2, 0) is 38.9 Å². The van der Waals surface area contributed by atoms with Gasteiger partial charge in [0.1, 0.15) is 5.69 Å². The van der Waals surface area contributed by atoms with Crippen LogP contribution >= 0.6 is 0 Å². The average molecular weight is 431 g/mol. The molecule has 31 heavy (non-hydrogen) atoms. The molecule has 1 atom stereocenters. The van der Waals surface area contributed by atoms with Crippen molar-refractivity contribution >= 4 is 11.7 Å². The molecule has 1 aromatic heterocycles. The number of Topliss-reactive ketones (excluding diaryl/α,β-unsaturated/α-hetero) is 1. The molecule has 0 aliphatic heterocycles. The van der Waals surface area contributed by atoms with Crippen molar-refractivity contribution in [3.8, 4) is 0 Å². The van der Waals surface area contributed by atoms with E-state index in [4.69, 9.17) is 14.3 Å². The number of aliphatic hydroxyl groups excluding tert-OH is 1. The van der Waals surface area contributed by atoms with Gasteiger partial charge in [-0.2, -0.15) is 0 Å². The third-order valence-electron chi connectivity index (χ3n) is 4.70. The van der Waals surface area contributed by atoms with Crippen LogP contribution < -0.4 is 0 Å². The van der Waals surface area contributed by atoms with Gasteiger partial charge in [0.2, 0.25) is 0 Å². The molecule has 2 rings (SSSR count). The van der Waals surface area contributed by atoms with Gasteiger partial charge in [-0.3, -0.25) is 14.4 Å². The van der Waals surface area contributed by atoms with Crippen molar-refractivity contribution in [2.75, 3.05) is 27.9 Å². The number of aromatic nitrogens is 1. The molecule has 1 N–H and O–H groups in total. The van der Waals surface area contributed by atoms with E-state index in [0.717, 1.165) is 10.6 Å². The highest BCUT2D eigenvalue weighted by atomic mass is 16.7. The van der Waals surface area contributed by atoms with Crippen LogP contribution in [0.4, 0.5) is 0 Å². The van der Waals surface area contributed by atoms with Crippen molar-refractivity contribution in [3.05, 3.63) is 71.6 Å². The van der Waals surface area contributed by atoms with Crippen molar-refractivity contribution in [3.63, 3.8) is 0 Å².